The fraction of sp³-hybridized carbons (Fsp3) is 0.333. The van der Waals surface area contributed by atoms with Crippen LogP contribution >= 0.6 is 0 Å². The summed E-state index contributed by atoms with van der Waals surface area (Å²) in [5, 5.41) is 7.20. The molecule has 3 aromatic rings. The van der Waals surface area contributed by atoms with Gasteiger partial charge in [0.05, 0.1) is 29.2 Å². The lowest BCUT2D eigenvalue weighted by Gasteiger charge is -2.21. The number of aromatic nitrogens is 4. The highest BCUT2D eigenvalue weighted by atomic mass is 19.4. The maximum atomic E-state index is 13.3. The third-order valence-electron chi connectivity index (χ3n) is 4.53. The molecule has 3 rings (SSSR count). The van der Waals surface area contributed by atoms with Crippen molar-refractivity contribution in [3.8, 4) is 5.95 Å². The Morgan fingerprint density at radius 2 is 1.94 bits per heavy atom. The van der Waals surface area contributed by atoms with Gasteiger partial charge < -0.3 is 15.0 Å². The van der Waals surface area contributed by atoms with Crippen molar-refractivity contribution >= 4 is 23.2 Å². The third kappa shape index (κ3) is 4.82. The number of alkyl halides is 3. The molecular formula is C21H23F3N6O2. The van der Waals surface area contributed by atoms with Crippen molar-refractivity contribution < 1.29 is 22.7 Å². The van der Waals surface area contributed by atoms with Gasteiger partial charge in [0.15, 0.2) is 5.82 Å². The standard InChI is InChI=1S/C21H23F3N6O2/c1-6-32-19(31)15-11-25-20(30-13(3)9-12(2)28-30)27-18(15)26-16-10-14(21(22,23)24)7-8-17(16)29(4)5/h7-11H,6H2,1-5H3,(H,25,26,27). The van der Waals surface area contributed by atoms with Crippen molar-refractivity contribution in [2.75, 3.05) is 30.9 Å². The lowest BCUT2D eigenvalue weighted by Crippen LogP contribution is -2.16. The predicted molar refractivity (Wildman–Crippen MR) is 114 cm³/mol. The normalized spacial score (nSPS) is 11.4. The molecule has 0 spiro atoms. The van der Waals surface area contributed by atoms with Crippen molar-refractivity contribution in [1.29, 1.82) is 0 Å². The highest BCUT2D eigenvalue weighted by Gasteiger charge is 2.31. The van der Waals surface area contributed by atoms with Crippen LogP contribution in [-0.4, -0.2) is 46.4 Å². The number of halogens is 3. The summed E-state index contributed by atoms with van der Waals surface area (Å²) in [5.74, 6) is -0.541. The van der Waals surface area contributed by atoms with Gasteiger partial charge in [0.1, 0.15) is 5.56 Å². The number of rotatable bonds is 6. The van der Waals surface area contributed by atoms with Crippen LogP contribution in [0.25, 0.3) is 5.95 Å². The van der Waals surface area contributed by atoms with E-state index in [4.69, 9.17) is 4.74 Å². The van der Waals surface area contributed by atoms with Gasteiger partial charge in [0.25, 0.3) is 5.95 Å². The Morgan fingerprint density at radius 1 is 1.22 bits per heavy atom. The quantitative estimate of drug-likeness (QED) is 0.563. The highest BCUT2D eigenvalue weighted by Crippen LogP contribution is 2.36. The van der Waals surface area contributed by atoms with E-state index in [-0.39, 0.29) is 29.6 Å². The van der Waals surface area contributed by atoms with Gasteiger partial charge in [-0.15, -0.1) is 0 Å². The zero-order chi connectivity index (χ0) is 23.6. The monoisotopic (exact) mass is 448 g/mol. The summed E-state index contributed by atoms with van der Waals surface area (Å²) >= 11 is 0. The van der Waals surface area contributed by atoms with Crippen molar-refractivity contribution in [3.05, 3.63) is 53.0 Å². The summed E-state index contributed by atoms with van der Waals surface area (Å²) in [7, 11) is 3.39. The number of anilines is 3. The Morgan fingerprint density at radius 3 is 2.50 bits per heavy atom. The number of carbonyl (C=O) groups excluding carboxylic acids is 1. The summed E-state index contributed by atoms with van der Waals surface area (Å²) in [4.78, 5) is 22.7. The third-order valence-corrected chi connectivity index (χ3v) is 4.53. The van der Waals surface area contributed by atoms with Crippen LogP contribution in [0.2, 0.25) is 0 Å². The van der Waals surface area contributed by atoms with Crippen LogP contribution in [0.4, 0.5) is 30.4 Å². The van der Waals surface area contributed by atoms with Gasteiger partial charge in [-0.25, -0.2) is 14.5 Å². The molecule has 0 aliphatic rings. The molecule has 0 bridgehead atoms. The van der Waals surface area contributed by atoms with E-state index in [0.29, 0.717) is 5.69 Å². The SMILES string of the molecule is CCOC(=O)c1cnc(-n2nc(C)cc2C)nc1Nc1cc(C(F)(F)F)ccc1N(C)C. The molecule has 170 valence electrons. The van der Waals surface area contributed by atoms with Crippen molar-refractivity contribution in [1.82, 2.24) is 19.7 Å². The summed E-state index contributed by atoms with van der Waals surface area (Å²) in [6.07, 6.45) is -3.27. The number of aryl methyl sites for hydroxylation is 2. The maximum absolute atomic E-state index is 13.3. The van der Waals surface area contributed by atoms with Crippen molar-refractivity contribution in [2.45, 2.75) is 26.9 Å². The lowest BCUT2D eigenvalue weighted by molar-refractivity contribution is -0.137. The fourth-order valence-electron chi connectivity index (χ4n) is 3.09. The van der Waals surface area contributed by atoms with Crippen LogP contribution in [0.15, 0.2) is 30.5 Å². The van der Waals surface area contributed by atoms with Gasteiger partial charge >= 0.3 is 12.1 Å². The molecule has 11 heteroatoms. The Kier molecular flexibility index (Phi) is 6.37. The Labute approximate surface area is 183 Å². The van der Waals surface area contributed by atoms with E-state index in [1.807, 2.05) is 19.9 Å². The largest absolute Gasteiger partial charge is 0.462 e. The first kappa shape index (κ1) is 23.0. The first-order valence-electron chi connectivity index (χ1n) is 9.74. The Hall–Kier alpha value is -3.63. The predicted octanol–water partition coefficient (Wildman–Crippen LogP) is 4.28. The van der Waals surface area contributed by atoms with Crippen LogP contribution in [0.5, 0.6) is 0 Å². The number of nitrogens with zero attached hydrogens (tertiary/aromatic N) is 5. The Balaban J connectivity index is 2.15. The van der Waals surface area contributed by atoms with E-state index in [1.165, 1.54) is 16.9 Å². The minimum atomic E-state index is -4.54. The molecule has 1 aromatic carbocycles. The minimum absolute atomic E-state index is 0.00317. The maximum Gasteiger partial charge on any atom is 0.416 e. The van der Waals surface area contributed by atoms with Crippen molar-refractivity contribution in [3.63, 3.8) is 0 Å². The molecule has 0 saturated heterocycles. The number of hydrogen-bond acceptors (Lipinski definition) is 7. The number of hydrogen-bond donors (Lipinski definition) is 1. The molecule has 8 nitrogen and oxygen atoms in total. The first-order valence-corrected chi connectivity index (χ1v) is 9.74. The van der Waals surface area contributed by atoms with E-state index in [0.717, 1.165) is 23.5 Å². The van der Waals surface area contributed by atoms with Gasteiger partial charge in [0, 0.05) is 26.0 Å². The van der Waals surface area contributed by atoms with Crippen LogP contribution in [0.3, 0.4) is 0 Å². The summed E-state index contributed by atoms with van der Waals surface area (Å²) in [6, 6.07) is 5.13. The topological polar surface area (TPSA) is 85.2 Å². The molecule has 0 atom stereocenters. The molecule has 0 amide bonds. The molecule has 2 heterocycles. The second-order valence-corrected chi connectivity index (χ2v) is 7.24. The molecular weight excluding hydrogens is 425 g/mol. The number of ether oxygens (including phenoxy) is 1. The molecule has 0 unspecified atom stereocenters. The van der Waals surface area contributed by atoms with Crippen LogP contribution in [-0.2, 0) is 10.9 Å². The molecule has 0 aliphatic heterocycles. The van der Waals surface area contributed by atoms with Gasteiger partial charge in [-0.1, -0.05) is 0 Å². The van der Waals surface area contributed by atoms with Gasteiger partial charge in [-0.2, -0.15) is 23.3 Å². The first-order chi connectivity index (χ1) is 15.0. The fourth-order valence-corrected chi connectivity index (χ4v) is 3.09. The molecule has 0 radical (unpaired) electrons. The van der Waals surface area contributed by atoms with Gasteiger partial charge in [-0.3, -0.25) is 0 Å². The summed E-state index contributed by atoms with van der Waals surface area (Å²) < 4.78 is 46.5. The van der Waals surface area contributed by atoms with E-state index in [9.17, 15) is 18.0 Å². The zero-order valence-corrected chi connectivity index (χ0v) is 18.3. The van der Waals surface area contributed by atoms with E-state index >= 15 is 0 Å². The average Bonchev–Trinajstić information content (AvgIpc) is 3.05. The molecule has 32 heavy (non-hydrogen) atoms. The molecule has 0 aliphatic carbocycles. The van der Waals surface area contributed by atoms with Gasteiger partial charge in [-0.05, 0) is 45.0 Å². The Bertz CT molecular complexity index is 1140. The second kappa shape index (κ2) is 8.85. The molecule has 0 saturated carbocycles. The summed E-state index contributed by atoms with van der Waals surface area (Å²) in [6.45, 7) is 5.38. The van der Waals surface area contributed by atoms with E-state index < -0.39 is 17.7 Å². The minimum Gasteiger partial charge on any atom is -0.462 e. The number of esters is 1. The molecule has 0 fully saturated rings. The molecule has 2 aromatic heterocycles. The smallest absolute Gasteiger partial charge is 0.416 e. The van der Waals surface area contributed by atoms with E-state index in [2.05, 4.69) is 20.4 Å². The second-order valence-electron chi connectivity index (χ2n) is 7.24. The summed E-state index contributed by atoms with van der Waals surface area (Å²) in [5.41, 5.74) is 1.23. The van der Waals surface area contributed by atoms with Crippen LogP contribution in [0, 0.1) is 13.8 Å². The number of nitrogens with one attached hydrogen (secondary N) is 1. The zero-order valence-electron chi connectivity index (χ0n) is 18.3. The van der Waals surface area contributed by atoms with Crippen molar-refractivity contribution in [2.24, 2.45) is 0 Å². The highest BCUT2D eigenvalue weighted by molar-refractivity contribution is 5.95. The van der Waals surface area contributed by atoms with Crippen LogP contribution < -0.4 is 10.2 Å². The number of carbonyl (C=O) groups is 1. The lowest BCUT2D eigenvalue weighted by atomic mass is 10.1. The van der Waals surface area contributed by atoms with Gasteiger partial charge in [0.2, 0.25) is 0 Å². The van der Waals surface area contributed by atoms with Crippen LogP contribution in [0.1, 0.15) is 34.2 Å². The average molecular weight is 448 g/mol. The molecule has 1 N–H and O–H groups in total. The number of benzene rings is 1. The van der Waals surface area contributed by atoms with E-state index in [1.54, 1.807) is 25.9 Å².